The number of esters is 1. The second-order valence-electron chi connectivity index (χ2n) is 6.21. The highest BCUT2D eigenvalue weighted by atomic mass is 16.5. The van der Waals surface area contributed by atoms with Crippen LogP contribution in [0.3, 0.4) is 0 Å². The average molecular weight is 277 g/mol. The quantitative estimate of drug-likeness (QED) is 0.831. The first-order valence-electron chi connectivity index (χ1n) is 7.02. The number of rotatable bonds is 3. The van der Waals surface area contributed by atoms with Crippen molar-refractivity contribution in [1.82, 2.24) is 4.98 Å². The molecule has 1 aromatic heterocycles. The van der Waals surface area contributed by atoms with Crippen LogP contribution in [0.4, 0.5) is 11.5 Å². The van der Waals surface area contributed by atoms with Crippen LogP contribution in [0.2, 0.25) is 0 Å². The molecule has 1 saturated carbocycles. The molecule has 0 amide bonds. The third-order valence-corrected chi connectivity index (χ3v) is 3.94. The fourth-order valence-corrected chi connectivity index (χ4v) is 2.89. The van der Waals surface area contributed by atoms with Gasteiger partial charge in [0, 0.05) is 12.2 Å². The smallest absolute Gasteiger partial charge is 0.340 e. The lowest BCUT2D eigenvalue weighted by molar-refractivity contribution is 0.0602. The van der Waals surface area contributed by atoms with E-state index in [0.717, 1.165) is 12.8 Å². The molecule has 1 aromatic rings. The zero-order valence-corrected chi connectivity index (χ0v) is 12.4. The second-order valence-corrected chi connectivity index (χ2v) is 6.21. The number of aromatic nitrogens is 1. The summed E-state index contributed by atoms with van der Waals surface area (Å²) in [4.78, 5) is 15.9. The highest BCUT2D eigenvalue weighted by molar-refractivity contribution is 5.97. The van der Waals surface area contributed by atoms with E-state index in [0.29, 0.717) is 28.5 Å². The molecule has 0 aliphatic heterocycles. The molecule has 0 radical (unpaired) electrons. The first-order valence-corrected chi connectivity index (χ1v) is 7.02. The van der Waals surface area contributed by atoms with Gasteiger partial charge in [0.1, 0.15) is 5.82 Å². The standard InChI is InChI=1S/C15H23N3O2/c1-15(2)7-4-5-10(9-15)18-13-12(16)11(6-8-17-13)14(19)20-3/h6,8,10H,4-5,7,9,16H2,1-3H3,(H,17,18). The minimum absolute atomic E-state index is 0.338. The third kappa shape index (κ3) is 3.21. The molecule has 1 unspecified atom stereocenters. The normalized spacial score (nSPS) is 21.2. The van der Waals surface area contributed by atoms with Gasteiger partial charge in [0.05, 0.1) is 18.4 Å². The van der Waals surface area contributed by atoms with E-state index in [9.17, 15) is 4.79 Å². The number of nitrogens with two attached hydrogens (primary N) is 1. The van der Waals surface area contributed by atoms with E-state index >= 15 is 0 Å². The van der Waals surface area contributed by atoms with Crippen molar-refractivity contribution in [2.45, 2.75) is 45.6 Å². The van der Waals surface area contributed by atoms with E-state index in [2.05, 4.69) is 24.1 Å². The molecule has 0 aromatic carbocycles. The zero-order valence-electron chi connectivity index (χ0n) is 12.4. The Hall–Kier alpha value is -1.78. The van der Waals surface area contributed by atoms with Gasteiger partial charge in [-0.2, -0.15) is 0 Å². The molecule has 1 atom stereocenters. The van der Waals surface area contributed by atoms with Crippen LogP contribution in [0.15, 0.2) is 12.3 Å². The number of ether oxygens (including phenoxy) is 1. The first kappa shape index (κ1) is 14.6. The van der Waals surface area contributed by atoms with Crippen LogP contribution in [-0.2, 0) is 4.74 Å². The highest BCUT2D eigenvalue weighted by Gasteiger charge is 2.28. The van der Waals surface area contributed by atoms with Crippen LogP contribution in [0.5, 0.6) is 0 Å². The Morgan fingerprint density at radius 2 is 2.30 bits per heavy atom. The second kappa shape index (κ2) is 5.69. The summed E-state index contributed by atoms with van der Waals surface area (Å²) in [5, 5.41) is 3.38. The van der Waals surface area contributed by atoms with Gasteiger partial charge in [-0.1, -0.05) is 20.3 Å². The van der Waals surface area contributed by atoms with Crippen LogP contribution in [0.25, 0.3) is 0 Å². The summed E-state index contributed by atoms with van der Waals surface area (Å²) in [6, 6.07) is 1.93. The van der Waals surface area contributed by atoms with E-state index < -0.39 is 5.97 Å². The zero-order chi connectivity index (χ0) is 14.8. The lowest BCUT2D eigenvalue weighted by Gasteiger charge is -2.36. The van der Waals surface area contributed by atoms with Crippen LogP contribution >= 0.6 is 0 Å². The number of hydrogen-bond donors (Lipinski definition) is 2. The van der Waals surface area contributed by atoms with E-state index in [1.807, 2.05) is 0 Å². The molecule has 20 heavy (non-hydrogen) atoms. The monoisotopic (exact) mass is 277 g/mol. The maximum atomic E-state index is 11.6. The number of carbonyl (C=O) groups is 1. The van der Waals surface area contributed by atoms with Gasteiger partial charge in [-0.3, -0.25) is 0 Å². The Labute approximate surface area is 119 Å². The summed E-state index contributed by atoms with van der Waals surface area (Å²) in [5.74, 6) is 0.146. The molecule has 1 heterocycles. The van der Waals surface area contributed by atoms with Crippen molar-refractivity contribution in [3.05, 3.63) is 17.8 Å². The van der Waals surface area contributed by atoms with E-state index in [1.54, 1.807) is 12.3 Å². The molecule has 1 fully saturated rings. The van der Waals surface area contributed by atoms with Gasteiger partial charge in [0.15, 0.2) is 0 Å². The lowest BCUT2D eigenvalue weighted by atomic mass is 9.75. The summed E-state index contributed by atoms with van der Waals surface area (Å²) in [7, 11) is 1.35. The minimum Gasteiger partial charge on any atom is -0.465 e. The van der Waals surface area contributed by atoms with Crippen LogP contribution in [-0.4, -0.2) is 24.1 Å². The molecule has 5 heteroatoms. The topological polar surface area (TPSA) is 77.2 Å². The average Bonchev–Trinajstić information content (AvgIpc) is 2.39. The lowest BCUT2D eigenvalue weighted by Crippen LogP contribution is -2.32. The third-order valence-electron chi connectivity index (χ3n) is 3.94. The van der Waals surface area contributed by atoms with Gasteiger partial charge in [-0.15, -0.1) is 0 Å². The van der Waals surface area contributed by atoms with Crippen molar-refractivity contribution in [3.8, 4) is 0 Å². The number of anilines is 2. The van der Waals surface area contributed by atoms with E-state index in [-0.39, 0.29) is 0 Å². The summed E-state index contributed by atoms with van der Waals surface area (Å²) >= 11 is 0. The van der Waals surface area contributed by atoms with Gasteiger partial charge in [0.2, 0.25) is 0 Å². The minimum atomic E-state index is -0.433. The SMILES string of the molecule is COC(=O)c1ccnc(NC2CCCC(C)(C)C2)c1N. The summed E-state index contributed by atoms with van der Waals surface area (Å²) in [5.41, 5.74) is 7.08. The summed E-state index contributed by atoms with van der Waals surface area (Å²) in [6.07, 6.45) is 6.21. The van der Waals surface area contributed by atoms with Gasteiger partial charge in [-0.05, 0) is 30.7 Å². The Bertz CT molecular complexity index is 500. The fourth-order valence-electron chi connectivity index (χ4n) is 2.89. The van der Waals surface area contributed by atoms with Gasteiger partial charge >= 0.3 is 5.97 Å². The number of nitrogens with zero attached hydrogens (tertiary/aromatic N) is 1. The summed E-state index contributed by atoms with van der Waals surface area (Å²) < 4.78 is 4.72. The number of hydrogen-bond acceptors (Lipinski definition) is 5. The Balaban J connectivity index is 2.15. The maximum Gasteiger partial charge on any atom is 0.340 e. The molecule has 1 aliphatic rings. The molecule has 0 bridgehead atoms. The molecule has 0 spiro atoms. The van der Waals surface area contributed by atoms with Crippen molar-refractivity contribution in [3.63, 3.8) is 0 Å². The van der Waals surface area contributed by atoms with Crippen molar-refractivity contribution in [2.24, 2.45) is 5.41 Å². The number of pyridine rings is 1. The van der Waals surface area contributed by atoms with E-state index in [4.69, 9.17) is 10.5 Å². The highest BCUT2D eigenvalue weighted by Crippen LogP contribution is 2.36. The molecule has 5 nitrogen and oxygen atoms in total. The van der Waals surface area contributed by atoms with Crippen molar-refractivity contribution < 1.29 is 9.53 Å². The van der Waals surface area contributed by atoms with Crippen molar-refractivity contribution in [2.75, 3.05) is 18.2 Å². The fraction of sp³-hybridized carbons (Fsp3) is 0.600. The van der Waals surface area contributed by atoms with Gasteiger partial charge in [0.25, 0.3) is 0 Å². The largest absolute Gasteiger partial charge is 0.465 e. The van der Waals surface area contributed by atoms with Crippen LogP contribution in [0, 0.1) is 5.41 Å². The summed E-state index contributed by atoms with van der Waals surface area (Å²) in [6.45, 7) is 4.56. The van der Waals surface area contributed by atoms with E-state index in [1.165, 1.54) is 20.0 Å². The maximum absolute atomic E-state index is 11.6. The van der Waals surface area contributed by atoms with Crippen molar-refractivity contribution >= 4 is 17.5 Å². The Morgan fingerprint density at radius 1 is 1.55 bits per heavy atom. The number of methoxy groups -OCH3 is 1. The molecule has 1 aliphatic carbocycles. The molecule has 110 valence electrons. The Kier molecular flexibility index (Phi) is 4.16. The van der Waals surface area contributed by atoms with Gasteiger partial charge < -0.3 is 15.8 Å². The predicted molar refractivity (Wildman–Crippen MR) is 79.6 cm³/mol. The predicted octanol–water partition coefficient (Wildman–Crippen LogP) is 2.83. The van der Waals surface area contributed by atoms with Gasteiger partial charge in [-0.25, -0.2) is 9.78 Å². The number of carbonyl (C=O) groups excluding carboxylic acids is 1. The van der Waals surface area contributed by atoms with Crippen LogP contribution in [0.1, 0.15) is 49.9 Å². The Morgan fingerprint density at radius 3 is 2.95 bits per heavy atom. The molecular formula is C15H23N3O2. The first-order chi connectivity index (χ1) is 9.43. The molecule has 2 rings (SSSR count). The molecular weight excluding hydrogens is 254 g/mol. The molecule has 3 N–H and O–H groups in total. The number of nitrogen functional groups attached to an aromatic ring is 1. The van der Waals surface area contributed by atoms with Crippen LogP contribution < -0.4 is 11.1 Å². The number of nitrogens with one attached hydrogen (secondary N) is 1. The molecule has 0 saturated heterocycles. The van der Waals surface area contributed by atoms with Crippen molar-refractivity contribution in [1.29, 1.82) is 0 Å².